The summed E-state index contributed by atoms with van der Waals surface area (Å²) >= 11 is 1.44. The number of anilines is 1. The van der Waals surface area contributed by atoms with E-state index in [2.05, 4.69) is 15.3 Å². The number of aromatic nitrogens is 2. The van der Waals surface area contributed by atoms with Gasteiger partial charge in [0.15, 0.2) is 11.6 Å². The van der Waals surface area contributed by atoms with E-state index in [4.69, 9.17) is 9.47 Å². The van der Waals surface area contributed by atoms with Gasteiger partial charge in [0.1, 0.15) is 5.75 Å². The molecule has 0 saturated heterocycles. The van der Waals surface area contributed by atoms with Crippen molar-refractivity contribution in [3.05, 3.63) is 66.2 Å². The van der Waals surface area contributed by atoms with Gasteiger partial charge in [-0.1, -0.05) is 6.07 Å². The number of rotatable bonds is 10. The van der Waals surface area contributed by atoms with Gasteiger partial charge >= 0.3 is 0 Å². The molecule has 0 aliphatic carbocycles. The van der Waals surface area contributed by atoms with Crippen LogP contribution in [0.3, 0.4) is 0 Å². The highest BCUT2D eigenvalue weighted by molar-refractivity contribution is 7.22. The number of pyridine rings is 2. The third-order valence-electron chi connectivity index (χ3n) is 5.21. The molecule has 0 aliphatic heterocycles. The SMILES string of the molecule is COCCN(Cc1ccc(-c2cc3nccc(Oc4ccc(NC=O)cc4F)c3s2)nc1)C(C)=O. The quantitative estimate of drug-likeness (QED) is 0.317. The highest BCUT2D eigenvalue weighted by Gasteiger charge is 2.14. The predicted molar refractivity (Wildman–Crippen MR) is 132 cm³/mol. The number of fused-ring (bicyclic) bond motifs is 1. The minimum Gasteiger partial charge on any atom is -0.453 e. The van der Waals surface area contributed by atoms with Gasteiger partial charge in [0.2, 0.25) is 12.3 Å². The first-order valence-corrected chi connectivity index (χ1v) is 11.6. The molecule has 10 heteroatoms. The standard InChI is InChI=1S/C25H23FN4O4S/c1-16(32)30(9-10-33-2)14-17-3-5-20(28-13-17)24-12-21-25(35-24)23(7-8-27-21)34-22-6-4-18(29-15-31)11-19(22)26/h3-8,11-13,15H,9-10,14H2,1-2H3,(H,29,31). The van der Waals surface area contributed by atoms with Crippen molar-refractivity contribution in [1.82, 2.24) is 14.9 Å². The Bertz CT molecular complexity index is 1340. The highest BCUT2D eigenvalue weighted by Crippen LogP contribution is 2.39. The summed E-state index contributed by atoms with van der Waals surface area (Å²) in [5.74, 6) is -0.121. The Morgan fingerprint density at radius 3 is 2.71 bits per heavy atom. The van der Waals surface area contributed by atoms with Gasteiger partial charge in [0.05, 0.1) is 27.4 Å². The minimum absolute atomic E-state index is 0.0275. The summed E-state index contributed by atoms with van der Waals surface area (Å²) in [5, 5.41) is 2.40. The molecule has 0 saturated carbocycles. The van der Waals surface area contributed by atoms with Crippen LogP contribution in [0.1, 0.15) is 12.5 Å². The van der Waals surface area contributed by atoms with Gasteiger partial charge in [0.25, 0.3) is 0 Å². The van der Waals surface area contributed by atoms with E-state index in [-0.39, 0.29) is 11.7 Å². The summed E-state index contributed by atoms with van der Waals surface area (Å²) in [6.45, 7) is 2.96. The maximum atomic E-state index is 14.4. The zero-order valence-electron chi connectivity index (χ0n) is 19.2. The Balaban J connectivity index is 1.55. The molecule has 3 heterocycles. The van der Waals surface area contributed by atoms with Crippen molar-refractivity contribution in [3.8, 4) is 22.1 Å². The molecule has 180 valence electrons. The van der Waals surface area contributed by atoms with Crippen LogP contribution in [0.5, 0.6) is 11.5 Å². The lowest BCUT2D eigenvalue weighted by Crippen LogP contribution is -2.31. The van der Waals surface area contributed by atoms with Crippen LogP contribution in [0.4, 0.5) is 10.1 Å². The Morgan fingerprint density at radius 2 is 2.03 bits per heavy atom. The average Bonchev–Trinajstić information content (AvgIpc) is 3.29. The van der Waals surface area contributed by atoms with Crippen LogP contribution in [0.2, 0.25) is 0 Å². The molecule has 0 aliphatic rings. The Kier molecular flexibility index (Phi) is 7.64. The maximum Gasteiger partial charge on any atom is 0.219 e. The summed E-state index contributed by atoms with van der Waals surface area (Å²) < 4.78 is 26.1. The number of thiophene rings is 1. The zero-order valence-corrected chi connectivity index (χ0v) is 20.0. The number of hydrogen-bond acceptors (Lipinski definition) is 7. The zero-order chi connectivity index (χ0) is 24.8. The molecule has 35 heavy (non-hydrogen) atoms. The first kappa shape index (κ1) is 24.2. The van der Waals surface area contributed by atoms with Gasteiger partial charge in [-0.15, -0.1) is 11.3 Å². The van der Waals surface area contributed by atoms with E-state index < -0.39 is 5.82 Å². The molecule has 0 unspecified atom stereocenters. The van der Waals surface area contributed by atoms with Crippen molar-refractivity contribution in [1.29, 1.82) is 0 Å². The summed E-state index contributed by atoms with van der Waals surface area (Å²) in [6.07, 6.45) is 3.83. The van der Waals surface area contributed by atoms with Crippen molar-refractivity contribution < 1.29 is 23.5 Å². The molecular formula is C25H23FN4O4S. The number of amides is 2. The van der Waals surface area contributed by atoms with E-state index in [1.807, 2.05) is 18.2 Å². The molecule has 0 spiro atoms. The number of nitrogens with zero attached hydrogens (tertiary/aromatic N) is 3. The number of ether oxygens (including phenoxy) is 2. The van der Waals surface area contributed by atoms with Gasteiger partial charge in [-0.25, -0.2) is 4.39 Å². The molecule has 0 radical (unpaired) electrons. The monoisotopic (exact) mass is 494 g/mol. The predicted octanol–water partition coefficient (Wildman–Crippen LogP) is 4.85. The van der Waals surface area contributed by atoms with Crippen LogP contribution >= 0.6 is 11.3 Å². The number of halogens is 1. The normalized spacial score (nSPS) is 10.8. The third kappa shape index (κ3) is 5.79. The Labute approximate surface area is 205 Å². The van der Waals surface area contributed by atoms with Crippen LogP contribution < -0.4 is 10.1 Å². The fraction of sp³-hybridized carbons (Fsp3) is 0.200. The lowest BCUT2D eigenvalue weighted by atomic mass is 10.2. The van der Waals surface area contributed by atoms with E-state index in [1.54, 1.807) is 36.5 Å². The van der Waals surface area contributed by atoms with Crippen LogP contribution in [0.15, 0.2) is 54.9 Å². The average molecular weight is 495 g/mol. The fourth-order valence-corrected chi connectivity index (χ4v) is 4.46. The molecule has 0 bridgehead atoms. The van der Waals surface area contributed by atoms with Crippen LogP contribution in [-0.4, -0.2) is 47.4 Å². The topological polar surface area (TPSA) is 93.7 Å². The van der Waals surface area contributed by atoms with Crippen molar-refractivity contribution in [3.63, 3.8) is 0 Å². The smallest absolute Gasteiger partial charge is 0.219 e. The number of benzene rings is 1. The molecule has 0 atom stereocenters. The van der Waals surface area contributed by atoms with E-state index in [1.165, 1.54) is 30.4 Å². The highest BCUT2D eigenvalue weighted by atomic mass is 32.1. The van der Waals surface area contributed by atoms with E-state index in [0.717, 1.165) is 20.8 Å². The molecular weight excluding hydrogens is 471 g/mol. The molecule has 4 aromatic rings. The first-order chi connectivity index (χ1) is 17.0. The van der Waals surface area contributed by atoms with Gasteiger partial charge in [-0.3, -0.25) is 19.6 Å². The fourth-order valence-electron chi connectivity index (χ4n) is 3.41. The maximum absolute atomic E-state index is 14.4. The molecule has 8 nitrogen and oxygen atoms in total. The van der Waals surface area contributed by atoms with Gasteiger partial charge in [-0.2, -0.15) is 0 Å². The van der Waals surface area contributed by atoms with Crippen molar-refractivity contribution >= 4 is 39.6 Å². The Hall–Kier alpha value is -3.89. The molecule has 2 amide bonds. The molecule has 0 fully saturated rings. The second-order valence-corrected chi connectivity index (χ2v) is 8.68. The lowest BCUT2D eigenvalue weighted by molar-refractivity contribution is -0.130. The van der Waals surface area contributed by atoms with Gasteiger partial charge in [-0.05, 0) is 29.8 Å². The molecule has 4 rings (SSSR count). The third-order valence-corrected chi connectivity index (χ3v) is 6.38. The van der Waals surface area contributed by atoms with Crippen molar-refractivity contribution in [2.45, 2.75) is 13.5 Å². The summed E-state index contributed by atoms with van der Waals surface area (Å²) in [6, 6.07) is 11.6. The van der Waals surface area contributed by atoms with Crippen molar-refractivity contribution in [2.24, 2.45) is 0 Å². The van der Waals surface area contributed by atoms with E-state index >= 15 is 0 Å². The van der Waals surface area contributed by atoms with Crippen LogP contribution in [0, 0.1) is 5.82 Å². The lowest BCUT2D eigenvalue weighted by Gasteiger charge is -2.20. The second kappa shape index (κ2) is 11.0. The minimum atomic E-state index is -0.596. The number of methoxy groups -OCH3 is 1. The molecule has 1 N–H and O–H groups in total. The number of nitrogens with one attached hydrogen (secondary N) is 1. The molecule has 3 aromatic heterocycles. The van der Waals surface area contributed by atoms with Gasteiger partial charge in [0, 0.05) is 57.3 Å². The molecule has 1 aromatic carbocycles. The number of carbonyl (C=O) groups excluding carboxylic acids is 2. The summed E-state index contributed by atoms with van der Waals surface area (Å²) in [4.78, 5) is 34.0. The second-order valence-electron chi connectivity index (χ2n) is 7.63. The van der Waals surface area contributed by atoms with E-state index in [0.29, 0.717) is 43.1 Å². The number of carbonyl (C=O) groups is 2. The largest absolute Gasteiger partial charge is 0.453 e. The van der Waals surface area contributed by atoms with Crippen LogP contribution in [0.25, 0.3) is 20.8 Å². The van der Waals surface area contributed by atoms with Gasteiger partial charge < -0.3 is 19.7 Å². The van der Waals surface area contributed by atoms with E-state index in [9.17, 15) is 14.0 Å². The Morgan fingerprint density at radius 1 is 1.17 bits per heavy atom. The van der Waals surface area contributed by atoms with Crippen molar-refractivity contribution in [2.75, 3.05) is 25.6 Å². The summed E-state index contributed by atoms with van der Waals surface area (Å²) in [7, 11) is 1.60. The number of hydrogen-bond donors (Lipinski definition) is 1. The first-order valence-electron chi connectivity index (χ1n) is 10.7. The summed E-state index contributed by atoms with van der Waals surface area (Å²) in [5.41, 5.74) is 2.70. The van der Waals surface area contributed by atoms with Crippen LogP contribution in [-0.2, 0) is 20.9 Å².